The van der Waals surface area contributed by atoms with Crippen LogP contribution in [-0.2, 0) is 0 Å². The molecule has 0 radical (unpaired) electrons. The van der Waals surface area contributed by atoms with Crippen molar-refractivity contribution >= 4 is 0 Å². The van der Waals surface area contributed by atoms with Gasteiger partial charge in [-0.1, -0.05) is 30.0 Å². The second-order valence-corrected chi connectivity index (χ2v) is 5.60. The first kappa shape index (κ1) is 14.6. The zero-order valence-electron chi connectivity index (χ0n) is 12.3. The number of nitrogens with zero attached hydrogens (tertiary/aromatic N) is 3. The van der Waals surface area contributed by atoms with E-state index in [0.29, 0.717) is 0 Å². The summed E-state index contributed by atoms with van der Waals surface area (Å²) in [6.45, 7) is 8.61. The maximum absolute atomic E-state index is 9.15. The fourth-order valence-corrected chi connectivity index (χ4v) is 2.31. The Kier molecular flexibility index (Phi) is 4.79. The van der Waals surface area contributed by atoms with Gasteiger partial charge < -0.3 is 0 Å². The van der Waals surface area contributed by atoms with Gasteiger partial charge in [0.1, 0.15) is 5.54 Å². The average molecular weight is 267 g/mol. The number of piperazine rings is 1. The van der Waals surface area contributed by atoms with E-state index in [1.165, 1.54) is 0 Å². The lowest BCUT2D eigenvalue weighted by Gasteiger charge is -2.39. The van der Waals surface area contributed by atoms with Gasteiger partial charge in [0.25, 0.3) is 0 Å². The molecular weight excluding hydrogens is 246 g/mol. The standard InChI is InChI=1S/C17H21N3/c1-17(2,15-18)20-13-11-19(12-14-20)10-6-9-16-7-4-3-5-8-16/h3-5,7-8H,10-14H2,1-2H3. The molecule has 2 rings (SSSR count). The van der Waals surface area contributed by atoms with Crippen LogP contribution in [0.25, 0.3) is 0 Å². The van der Waals surface area contributed by atoms with Crippen LogP contribution in [0.15, 0.2) is 30.3 Å². The Hall–Kier alpha value is -1.81. The average Bonchev–Trinajstić information content (AvgIpc) is 2.49. The summed E-state index contributed by atoms with van der Waals surface area (Å²) in [6, 6.07) is 12.4. The summed E-state index contributed by atoms with van der Waals surface area (Å²) in [7, 11) is 0. The van der Waals surface area contributed by atoms with Gasteiger partial charge in [0, 0.05) is 31.7 Å². The monoisotopic (exact) mass is 267 g/mol. The fourth-order valence-electron chi connectivity index (χ4n) is 2.31. The molecule has 0 spiro atoms. The van der Waals surface area contributed by atoms with Crippen molar-refractivity contribution in [2.75, 3.05) is 32.7 Å². The van der Waals surface area contributed by atoms with Gasteiger partial charge in [-0.15, -0.1) is 0 Å². The lowest BCUT2D eigenvalue weighted by atomic mass is 10.0. The minimum absolute atomic E-state index is 0.359. The predicted molar refractivity (Wildman–Crippen MR) is 81.0 cm³/mol. The van der Waals surface area contributed by atoms with Crippen molar-refractivity contribution < 1.29 is 0 Å². The Bertz CT molecular complexity index is 523. The Morgan fingerprint density at radius 3 is 2.35 bits per heavy atom. The van der Waals surface area contributed by atoms with Crippen LogP contribution in [0.2, 0.25) is 0 Å². The third-order valence-corrected chi connectivity index (χ3v) is 3.75. The van der Waals surface area contributed by atoms with Crippen LogP contribution in [0.5, 0.6) is 0 Å². The Labute approximate surface area is 121 Å². The van der Waals surface area contributed by atoms with Crippen molar-refractivity contribution in [3.8, 4) is 17.9 Å². The third-order valence-electron chi connectivity index (χ3n) is 3.75. The first-order valence-electron chi connectivity index (χ1n) is 7.04. The molecule has 1 aliphatic heterocycles. The van der Waals surface area contributed by atoms with E-state index in [4.69, 9.17) is 5.26 Å². The van der Waals surface area contributed by atoms with E-state index >= 15 is 0 Å². The zero-order valence-corrected chi connectivity index (χ0v) is 12.3. The highest BCUT2D eigenvalue weighted by atomic mass is 15.3. The smallest absolute Gasteiger partial charge is 0.103 e. The maximum Gasteiger partial charge on any atom is 0.103 e. The Morgan fingerprint density at radius 1 is 1.10 bits per heavy atom. The van der Waals surface area contributed by atoms with Crippen molar-refractivity contribution in [3.63, 3.8) is 0 Å². The lowest BCUT2D eigenvalue weighted by molar-refractivity contribution is 0.0872. The summed E-state index contributed by atoms with van der Waals surface area (Å²) >= 11 is 0. The minimum atomic E-state index is -0.359. The van der Waals surface area contributed by atoms with Gasteiger partial charge >= 0.3 is 0 Å². The van der Waals surface area contributed by atoms with Crippen LogP contribution in [0.3, 0.4) is 0 Å². The van der Waals surface area contributed by atoms with Gasteiger partial charge in [0.2, 0.25) is 0 Å². The lowest BCUT2D eigenvalue weighted by Crippen LogP contribution is -2.54. The molecule has 0 aliphatic carbocycles. The molecule has 1 aliphatic rings. The number of hydrogen-bond donors (Lipinski definition) is 0. The number of rotatable bonds is 2. The van der Waals surface area contributed by atoms with Gasteiger partial charge in [-0.3, -0.25) is 9.80 Å². The highest BCUT2D eigenvalue weighted by Gasteiger charge is 2.29. The molecule has 0 bridgehead atoms. The maximum atomic E-state index is 9.15. The molecule has 0 unspecified atom stereocenters. The Balaban J connectivity index is 1.81. The summed E-state index contributed by atoms with van der Waals surface area (Å²) in [5.74, 6) is 6.42. The molecule has 0 amide bonds. The van der Waals surface area contributed by atoms with E-state index in [1.54, 1.807) is 0 Å². The molecule has 3 nitrogen and oxygen atoms in total. The van der Waals surface area contributed by atoms with E-state index in [2.05, 4.69) is 27.7 Å². The van der Waals surface area contributed by atoms with Crippen molar-refractivity contribution in [2.45, 2.75) is 19.4 Å². The third kappa shape index (κ3) is 3.84. The zero-order chi connectivity index (χ0) is 14.4. The Morgan fingerprint density at radius 2 is 1.75 bits per heavy atom. The molecule has 20 heavy (non-hydrogen) atoms. The van der Waals surface area contributed by atoms with Gasteiger partial charge in [-0.05, 0) is 26.0 Å². The second-order valence-electron chi connectivity index (χ2n) is 5.60. The van der Waals surface area contributed by atoms with Crippen molar-refractivity contribution in [3.05, 3.63) is 35.9 Å². The number of benzene rings is 1. The summed E-state index contributed by atoms with van der Waals surface area (Å²) in [6.07, 6.45) is 0. The van der Waals surface area contributed by atoms with Crippen molar-refractivity contribution in [1.29, 1.82) is 5.26 Å². The summed E-state index contributed by atoms with van der Waals surface area (Å²) in [5, 5.41) is 9.15. The highest BCUT2D eigenvalue weighted by molar-refractivity contribution is 5.33. The largest absolute Gasteiger partial charge is 0.290 e. The summed E-state index contributed by atoms with van der Waals surface area (Å²) < 4.78 is 0. The number of nitriles is 1. The molecule has 1 heterocycles. The number of hydrogen-bond acceptors (Lipinski definition) is 3. The summed E-state index contributed by atoms with van der Waals surface area (Å²) in [5.41, 5.74) is 0.707. The van der Waals surface area contributed by atoms with E-state index in [0.717, 1.165) is 38.3 Å². The normalized spacial score (nSPS) is 17.1. The van der Waals surface area contributed by atoms with E-state index < -0.39 is 0 Å². The topological polar surface area (TPSA) is 30.3 Å². The van der Waals surface area contributed by atoms with Gasteiger partial charge in [0.05, 0.1) is 12.6 Å². The first-order chi connectivity index (χ1) is 9.62. The van der Waals surface area contributed by atoms with E-state index in [1.807, 2.05) is 44.2 Å². The molecule has 0 N–H and O–H groups in total. The minimum Gasteiger partial charge on any atom is -0.290 e. The van der Waals surface area contributed by atoms with Gasteiger partial charge in [-0.25, -0.2) is 0 Å². The molecule has 0 saturated carbocycles. The first-order valence-corrected chi connectivity index (χ1v) is 7.04. The van der Waals surface area contributed by atoms with Gasteiger partial charge in [0.15, 0.2) is 0 Å². The van der Waals surface area contributed by atoms with Crippen LogP contribution in [0, 0.1) is 23.2 Å². The van der Waals surface area contributed by atoms with E-state index in [9.17, 15) is 0 Å². The molecule has 1 saturated heterocycles. The quantitative estimate of drug-likeness (QED) is 0.767. The van der Waals surface area contributed by atoms with Gasteiger partial charge in [-0.2, -0.15) is 5.26 Å². The van der Waals surface area contributed by atoms with Crippen LogP contribution < -0.4 is 0 Å². The molecule has 1 aromatic rings. The predicted octanol–water partition coefficient (Wildman–Crippen LogP) is 1.96. The molecule has 1 aromatic carbocycles. The van der Waals surface area contributed by atoms with Crippen LogP contribution in [0.4, 0.5) is 0 Å². The SMILES string of the molecule is CC(C)(C#N)N1CCN(CC#Cc2ccccc2)CC1. The fraction of sp³-hybridized carbons (Fsp3) is 0.471. The molecule has 3 heteroatoms. The summed E-state index contributed by atoms with van der Waals surface area (Å²) in [4.78, 5) is 4.59. The molecule has 104 valence electrons. The molecular formula is C17H21N3. The highest BCUT2D eigenvalue weighted by Crippen LogP contribution is 2.15. The molecule has 0 atom stereocenters. The van der Waals surface area contributed by atoms with Crippen LogP contribution in [0.1, 0.15) is 19.4 Å². The van der Waals surface area contributed by atoms with Crippen LogP contribution >= 0.6 is 0 Å². The van der Waals surface area contributed by atoms with Crippen molar-refractivity contribution in [2.24, 2.45) is 0 Å². The molecule has 0 aromatic heterocycles. The second kappa shape index (κ2) is 6.57. The van der Waals surface area contributed by atoms with Crippen molar-refractivity contribution in [1.82, 2.24) is 9.80 Å². The molecule has 1 fully saturated rings. The van der Waals surface area contributed by atoms with E-state index in [-0.39, 0.29) is 5.54 Å². The van der Waals surface area contributed by atoms with Crippen LogP contribution in [-0.4, -0.2) is 48.1 Å².